The standard InChI is InChI=1S/C22H14Cl2FN7O5/c1-9-27-19(30-35-9)18-13(5-12(23)6-14(18)24)10-2-3-11(15(25)4-10)8-26-20-21(32-37-31-20)28-22(34)16-7-17(33)29-36-16/h2-7H,8H2,1H3,(H,26,31)(H,29,33)(H,28,32,34). The Morgan fingerprint density at radius 3 is 2.57 bits per heavy atom. The van der Waals surface area contributed by atoms with E-state index in [0.717, 1.165) is 6.07 Å². The Morgan fingerprint density at radius 2 is 1.86 bits per heavy atom. The van der Waals surface area contributed by atoms with Gasteiger partial charge in [0.15, 0.2) is 0 Å². The third-order valence-electron chi connectivity index (χ3n) is 5.06. The van der Waals surface area contributed by atoms with Crippen molar-refractivity contribution in [2.45, 2.75) is 13.5 Å². The van der Waals surface area contributed by atoms with Crippen molar-refractivity contribution in [3.05, 3.63) is 69.5 Å². The molecule has 0 aliphatic heterocycles. The summed E-state index contributed by atoms with van der Waals surface area (Å²) >= 11 is 12.6. The lowest BCUT2D eigenvalue weighted by Crippen LogP contribution is -2.13. The molecule has 0 saturated heterocycles. The van der Waals surface area contributed by atoms with Crippen LogP contribution in [0.25, 0.3) is 22.5 Å². The molecule has 188 valence electrons. The molecule has 3 heterocycles. The molecule has 0 aliphatic rings. The number of carbonyl (C=O) groups is 1. The highest BCUT2D eigenvalue weighted by Gasteiger charge is 2.20. The van der Waals surface area contributed by atoms with Gasteiger partial charge in [0.2, 0.25) is 29.1 Å². The van der Waals surface area contributed by atoms with Crippen molar-refractivity contribution in [2.24, 2.45) is 0 Å². The molecule has 3 aromatic heterocycles. The Labute approximate surface area is 216 Å². The maximum absolute atomic E-state index is 15.1. The van der Waals surface area contributed by atoms with Gasteiger partial charge in [-0.25, -0.2) is 9.02 Å². The lowest BCUT2D eigenvalue weighted by molar-refractivity contribution is 0.0986. The van der Waals surface area contributed by atoms with Crippen LogP contribution in [0.4, 0.5) is 16.0 Å². The van der Waals surface area contributed by atoms with Crippen molar-refractivity contribution < 1.29 is 28.0 Å². The number of anilines is 2. The second-order valence-corrected chi connectivity index (χ2v) is 8.42. The molecule has 0 spiro atoms. The summed E-state index contributed by atoms with van der Waals surface area (Å²) in [6.45, 7) is 1.61. The highest BCUT2D eigenvalue weighted by atomic mass is 35.5. The largest absolute Gasteiger partial charge is 0.491 e. The van der Waals surface area contributed by atoms with E-state index in [4.69, 9.17) is 27.7 Å². The number of nitrogens with one attached hydrogen (secondary N) is 2. The van der Waals surface area contributed by atoms with Gasteiger partial charge in [-0.1, -0.05) is 40.5 Å². The van der Waals surface area contributed by atoms with Crippen molar-refractivity contribution in [3.8, 4) is 28.4 Å². The minimum Gasteiger partial charge on any atom is -0.491 e. The number of aromatic hydroxyl groups is 1. The molecule has 2 aromatic carbocycles. The summed E-state index contributed by atoms with van der Waals surface area (Å²) in [5.41, 5.74) is 1.71. The third kappa shape index (κ3) is 5.08. The first kappa shape index (κ1) is 24.2. The monoisotopic (exact) mass is 545 g/mol. The van der Waals surface area contributed by atoms with Crippen molar-refractivity contribution in [1.82, 2.24) is 25.6 Å². The summed E-state index contributed by atoms with van der Waals surface area (Å²) in [4.78, 5) is 16.4. The third-order valence-corrected chi connectivity index (χ3v) is 5.57. The molecule has 37 heavy (non-hydrogen) atoms. The Kier molecular flexibility index (Phi) is 6.46. The van der Waals surface area contributed by atoms with Gasteiger partial charge in [-0.3, -0.25) is 10.1 Å². The zero-order valence-corrected chi connectivity index (χ0v) is 20.1. The minimum absolute atomic E-state index is 0.0283. The smallest absolute Gasteiger partial charge is 0.295 e. The fourth-order valence-electron chi connectivity index (χ4n) is 3.40. The molecule has 0 unspecified atom stereocenters. The lowest BCUT2D eigenvalue weighted by Gasteiger charge is -2.12. The molecule has 5 rings (SSSR count). The second-order valence-electron chi connectivity index (χ2n) is 7.57. The van der Waals surface area contributed by atoms with Gasteiger partial charge < -0.3 is 19.5 Å². The van der Waals surface area contributed by atoms with Crippen LogP contribution in [0.1, 0.15) is 22.0 Å². The van der Waals surface area contributed by atoms with Crippen LogP contribution < -0.4 is 10.6 Å². The normalized spacial score (nSPS) is 11.0. The molecular formula is C22H14Cl2FN7O5. The second kappa shape index (κ2) is 9.87. The van der Waals surface area contributed by atoms with Crippen LogP contribution in [0.5, 0.6) is 5.88 Å². The molecule has 0 bridgehead atoms. The SMILES string of the molecule is Cc1nc(-c2c(Cl)cc(Cl)cc2-c2ccc(CNc3nonc3NC(=O)c3cc(O)no3)c(F)c2)no1. The number of aryl methyl sites for hydroxylation is 1. The number of amides is 1. The number of nitrogens with zero attached hydrogens (tertiary/aromatic N) is 5. The molecule has 5 aromatic rings. The van der Waals surface area contributed by atoms with Gasteiger partial charge in [-0.15, -0.1) is 0 Å². The molecular weight excluding hydrogens is 532 g/mol. The molecule has 3 N–H and O–H groups in total. The van der Waals surface area contributed by atoms with E-state index in [1.54, 1.807) is 25.1 Å². The highest BCUT2D eigenvalue weighted by molar-refractivity contribution is 6.37. The van der Waals surface area contributed by atoms with Crippen molar-refractivity contribution >= 4 is 40.7 Å². The number of halogens is 3. The van der Waals surface area contributed by atoms with E-state index in [1.807, 2.05) is 0 Å². The summed E-state index contributed by atoms with van der Waals surface area (Å²) in [7, 11) is 0. The predicted octanol–water partition coefficient (Wildman–Crippen LogP) is 5.10. The first-order valence-electron chi connectivity index (χ1n) is 10.4. The first-order valence-corrected chi connectivity index (χ1v) is 11.2. The van der Waals surface area contributed by atoms with Crippen molar-refractivity contribution in [2.75, 3.05) is 10.6 Å². The highest BCUT2D eigenvalue weighted by Crippen LogP contribution is 2.39. The first-order chi connectivity index (χ1) is 17.8. The Morgan fingerprint density at radius 1 is 1.05 bits per heavy atom. The van der Waals surface area contributed by atoms with Gasteiger partial charge in [0.05, 0.1) is 11.1 Å². The maximum atomic E-state index is 15.1. The zero-order valence-electron chi connectivity index (χ0n) is 18.6. The fourth-order valence-corrected chi connectivity index (χ4v) is 3.97. The van der Waals surface area contributed by atoms with E-state index in [-0.39, 0.29) is 40.4 Å². The molecule has 0 radical (unpaired) electrons. The number of aromatic nitrogens is 5. The summed E-state index contributed by atoms with van der Waals surface area (Å²) in [5.74, 6) is -1.47. The van der Waals surface area contributed by atoms with Gasteiger partial charge in [0.25, 0.3) is 11.8 Å². The van der Waals surface area contributed by atoms with Crippen LogP contribution in [0.3, 0.4) is 0 Å². The van der Waals surface area contributed by atoms with Gasteiger partial charge in [-0.05, 0) is 44.8 Å². The number of rotatable bonds is 7. The Balaban J connectivity index is 1.36. The quantitative estimate of drug-likeness (QED) is 0.249. The molecule has 1 amide bonds. The maximum Gasteiger partial charge on any atom is 0.295 e. The van der Waals surface area contributed by atoms with Gasteiger partial charge >= 0.3 is 0 Å². The van der Waals surface area contributed by atoms with Crippen LogP contribution >= 0.6 is 23.2 Å². The van der Waals surface area contributed by atoms with Gasteiger partial charge in [0.1, 0.15) is 5.82 Å². The van der Waals surface area contributed by atoms with Crippen LogP contribution in [-0.2, 0) is 6.54 Å². The number of hydrogen-bond donors (Lipinski definition) is 3. The van der Waals surface area contributed by atoms with Crippen LogP contribution in [-0.4, -0.2) is 36.6 Å². The predicted molar refractivity (Wildman–Crippen MR) is 128 cm³/mol. The fraction of sp³-hybridized carbons (Fsp3) is 0.0909. The summed E-state index contributed by atoms with van der Waals surface area (Å²) in [5, 5.41) is 29.4. The topological polar surface area (TPSA) is 165 Å². The minimum atomic E-state index is -0.755. The molecule has 12 nitrogen and oxygen atoms in total. The van der Waals surface area contributed by atoms with Crippen LogP contribution in [0.15, 0.2) is 50.1 Å². The molecule has 15 heteroatoms. The Bertz CT molecular complexity index is 1620. The van der Waals surface area contributed by atoms with E-state index in [9.17, 15) is 9.90 Å². The molecule has 0 saturated carbocycles. The van der Waals surface area contributed by atoms with E-state index in [2.05, 4.69) is 45.4 Å². The summed E-state index contributed by atoms with van der Waals surface area (Å²) < 4.78 is 29.5. The number of hydrogen-bond acceptors (Lipinski definition) is 11. The van der Waals surface area contributed by atoms with E-state index < -0.39 is 17.6 Å². The lowest BCUT2D eigenvalue weighted by atomic mass is 9.97. The summed E-state index contributed by atoms with van der Waals surface area (Å²) in [6.07, 6.45) is 0. The number of carbonyl (C=O) groups excluding carboxylic acids is 1. The average molecular weight is 546 g/mol. The van der Waals surface area contributed by atoms with Gasteiger partial charge in [-0.2, -0.15) is 4.98 Å². The van der Waals surface area contributed by atoms with Crippen molar-refractivity contribution in [3.63, 3.8) is 0 Å². The molecule has 0 atom stereocenters. The van der Waals surface area contributed by atoms with Crippen LogP contribution in [0.2, 0.25) is 10.0 Å². The molecule has 0 fully saturated rings. The van der Waals surface area contributed by atoms with Crippen LogP contribution in [0, 0.1) is 12.7 Å². The van der Waals surface area contributed by atoms with E-state index >= 15 is 4.39 Å². The average Bonchev–Trinajstić information content (AvgIpc) is 3.59. The zero-order chi connectivity index (χ0) is 26.1. The molecule has 0 aliphatic carbocycles. The number of benzene rings is 2. The van der Waals surface area contributed by atoms with E-state index in [1.165, 1.54) is 12.1 Å². The van der Waals surface area contributed by atoms with E-state index in [0.29, 0.717) is 27.6 Å². The van der Waals surface area contributed by atoms with Crippen molar-refractivity contribution in [1.29, 1.82) is 0 Å². The Hall–Kier alpha value is -4.49. The summed E-state index contributed by atoms with van der Waals surface area (Å²) in [6, 6.07) is 8.74. The van der Waals surface area contributed by atoms with Gasteiger partial charge in [0, 0.05) is 29.6 Å².